The predicted molar refractivity (Wildman–Crippen MR) is 94.2 cm³/mol. The molecular formula is C18H31NO9. The molecule has 10 heteroatoms. The molecule has 6 aliphatic rings. The van der Waals surface area contributed by atoms with Crippen molar-refractivity contribution in [3.63, 3.8) is 0 Å². The molecule has 0 saturated carbocycles. The standard InChI is InChI=1S/C18H31NO9/c1-8(21)19-6-10-12-14(23)13(22)9(27-10)4-3-5-26-18(2)11(7-20)28-16(12)15(24)17(18)25/h9-17,20,22-25H,3-7H2,1-2H3,(H,19,21)/t9-,10-,11-,12?,13+,14+,15+,16-,17-,18+/m1/s1. The Morgan fingerprint density at radius 2 is 1.86 bits per heavy atom. The van der Waals surface area contributed by atoms with E-state index in [4.69, 9.17) is 14.2 Å². The minimum Gasteiger partial charge on any atom is -0.394 e. The molecule has 0 spiro atoms. The van der Waals surface area contributed by atoms with Crippen LogP contribution in [0.4, 0.5) is 0 Å². The Hall–Kier alpha value is -0.850. The second-order valence-corrected chi connectivity index (χ2v) is 8.09. The number of hydrogen-bond donors (Lipinski definition) is 6. The third-order valence-corrected chi connectivity index (χ3v) is 6.26. The SMILES string of the molecule is CC(=O)NC[C@H]1O[C@@H]2CCCO[C@]3(C)[C@H](O)[C@@H](O)[C@H](O[C@@H]3CO)C1[C@H](O)[C@H]2O. The van der Waals surface area contributed by atoms with Gasteiger partial charge in [-0.1, -0.05) is 0 Å². The summed E-state index contributed by atoms with van der Waals surface area (Å²) in [6, 6.07) is 0. The number of amides is 1. The van der Waals surface area contributed by atoms with Crippen molar-refractivity contribution in [1.82, 2.24) is 5.32 Å². The number of hydrogen-bond acceptors (Lipinski definition) is 9. The van der Waals surface area contributed by atoms with Gasteiger partial charge in [-0.15, -0.1) is 0 Å². The summed E-state index contributed by atoms with van der Waals surface area (Å²) in [5, 5.41) is 55.4. The fourth-order valence-corrected chi connectivity index (χ4v) is 4.55. The zero-order valence-electron chi connectivity index (χ0n) is 16.1. The summed E-state index contributed by atoms with van der Waals surface area (Å²) in [7, 11) is 0. The molecular weight excluding hydrogens is 374 g/mol. The quantitative estimate of drug-likeness (QED) is 0.293. The molecule has 10 nitrogen and oxygen atoms in total. The number of carbonyl (C=O) groups is 1. The van der Waals surface area contributed by atoms with Gasteiger partial charge in [-0.05, 0) is 19.8 Å². The molecule has 0 aromatic heterocycles. The maximum Gasteiger partial charge on any atom is 0.216 e. The Labute approximate surface area is 163 Å². The van der Waals surface area contributed by atoms with E-state index in [1.54, 1.807) is 6.92 Å². The highest BCUT2D eigenvalue weighted by Crippen LogP contribution is 2.41. The Morgan fingerprint density at radius 1 is 1.14 bits per heavy atom. The summed E-state index contributed by atoms with van der Waals surface area (Å²) in [6.45, 7) is 2.66. The minimum absolute atomic E-state index is 0.0422. The highest BCUT2D eigenvalue weighted by atomic mass is 16.6. The number of rotatable bonds is 3. The number of nitrogens with one attached hydrogen (secondary N) is 1. The van der Waals surface area contributed by atoms with Crippen molar-refractivity contribution in [1.29, 1.82) is 0 Å². The van der Waals surface area contributed by atoms with E-state index >= 15 is 0 Å². The van der Waals surface area contributed by atoms with Crippen molar-refractivity contribution in [2.45, 2.75) is 81.1 Å². The first kappa shape index (κ1) is 21.8. The molecule has 6 heterocycles. The zero-order chi connectivity index (χ0) is 20.6. The van der Waals surface area contributed by atoms with Gasteiger partial charge >= 0.3 is 0 Å². The number of aliphatic hydroxyl groups is 5. The van der Waals surface area contributed by atoms with Gasteiger partial charge in [-0.25, -0.2) is 0 Å². The Kier molecular flexibility index (Phi) is 6.62. The van der Waals surface area contributed by atoms with E-state index in [0.29, 0.717) is 12.8 Å². The smallest absolute Gasteiger partial charge is 0.216 e. The van der Waals surface area contributed by atoms with Crippen LogP contribution in [0, 0.1) is 5.92 Å². The van der Waals surface area contributed by atoms with Gasteiger partial charge in [0.25, 0.3) is 0 Å². The van der Waals surface area contributed by atoms with Crippen molar-refractivity contribution < 1.29 is 44.5 Å². The molecule has 0 aromatic carbocycles. The maximum absolute atomic E-state index is 11.4. The number of ether oxygens (including phenoxy) is 3. The second kappa shape index (κ2) is 8.49. The summed E-state index contributed by atoms with van der Waals surface area (Å²) in [5.74, 6) is -1.24. The fourth-order valence-electron chi connectivity index (χ4n) is 4.55. The van der Waals surface area contributed by atoms with Crippen LogP contribution >= 0.6 is 0 Å². The molecule has 162 valence electrons. The van der Waals surface area contributed by atoms with Crippen LogP contribution in [0.3, 0.4) is 0 Å². The van der Waals surface area contributed by atoms with E-state index in [0.717, 1.165) is 0 Å². The van der Waals surface area contributed by atoms with Gasteiger partial charge in [0.1, 0.15) is 30.0 Å². The first-order valence-electron chi connectivity index (χ1n) is 9.73. The van der Waals surface area contributed by atoms with Gasteiger partial charge in [0.15, 0.2) is 0 Å². The highest BCUT2D eigenvalue weighted by Gasteiger charge is 2.59. The average Bonchev–Trinajstić information content (AvgIpc) is 2.65. The first-order valence-corrected chi connectivity index (χ1v) is 9.73. The Morgan fingerprint density at radius 3 is 2.50 bits per heavy atom. The van der Waals surface area contributed by atoms with Gasteiger partial charge in [0, 0.05) is 26.0 Å². The maximum atomic E-state index is 11.4. The molecule has 28 heavy (non-hydrogen) atoms. The summed E-state index contributed by atoms with van der Waals surface area (Å²) < 4.78 is 17.7. The fraction of sp³-hybridized carbons (Fsp3) is 0.944. The van der Waals surface area contributed by atoms with E-state index in [9.17, 15) is 30.3 Å². The second-order valence-electron chi connectivity index (χ2n) is 8.09. The van der Waals surface area contributed by atoms with Crippen molar-refractivity contribution >= 4 is 5.91 Å². The molecule has 6 saturated heterocycles. The third-order valence-electron chi connectivity index (χ3n) is 6.26. The number of carbonyl (C=O) groups excluding carboxylic acids is 1. The zero-order valence-corrected chi connectivity index (χ0v) is 16.1. The Balaban J connectivity index is 1.99. The van der Waals surface area contributed by atoms with Crippen LogP contribution in [-0.4, -0.2) is 106 Å². The van der Waals surface area contributed by atoms with Crippen LogP contribution in [0.15, 0.2) is 0 Å². The molecule has 4 bridgehead atoms. The van der Waals surface area contributed by atoms with E-state index in [1.165, 1.54) is 6.92 Å². The largest absolute Gasteiger partial charge is 0.394 e. The first-order chi connectivity index (χ1) is 13.2. The lowest BCUT2D eigenvalue weighted by Gasteiger charge is -2.54. The van der Waals surface area contributed by atoms with Crippen LogP contribution in [-0.2, 0) is 19.0 Å². The predicted octanol–water partition coefficient (Wildman–Crippen LogP) is -2.72. The van der Waals surface area contributed by atoms with Gasteiger partial charge in [-0.2, -0.15) is 0 Å². The molecule has 0 aliphatic carbocycles. The van der Waals surface area contributed by atoms with Gasteiger partial charge < -0.3 is 45.1 Å². The normalized spacial score (nSPS) is 49.3. The molecule has 1 amide bonds. The van der Waals surface area contributed by atoms with E-state index in [-0.39, 0.29) is 19.1 Å². The van der Waals surface area contributed by atoms with Crippen LogP contribution < -0.4 is 5.32 Å². The highest BCUT2D eigenvalue weighted by molar-refractivity contribution is 5.72. The molecule has 1 unspecified atom stereocenters. The molecule has 6 fully saturated rings. The minimum atomic E-state index is -1.46. The van der Waals surface area contributed by atoms with Crippen molar-refractivity contribution in [3.05, 3.63) is 0 Å². The lowest BCUT2D eigenvalue weighted by atomic mass is 9.74. The van der Waals surface area contributed by atoms with Crippen molar-refractivity contribution in [2.24, 2.45) is 5.92 Å². The van der Waals surface area contributed by atoms with E-state index < -0.39 is 67.0 Å². The lowest BCUT2D eigenvalue weighted by Crippen LogP contribution is -2.71. The van der Waals surface area contributed by atoms with Crippen LogP contribution in [0.25, 0.3) is 0 Å². The van der Waals surface area contributed by atoms with Crippen LogP contribution in [0.1, 0.15) is 26.7 Å². The van der Waals surface area contributed by atoms with Crippen LogP contribution in [0.5, 0.6) is 0 Å². The van der Waals surface area contributed by atoms with Crippen LogP contribution in [0.2, 0.25) is 0 Å². The van der Waals surface area contributed by atoms with Gasteiger partial charge in [-0.3, -0.25) is 4.79 Å². The molecule has 6 rings (SSSR count). The summed E-state index contributed by atoms with van der Waals surface area (Å²) >= 11 is 0. The topological polar surface area (TPSA) is 158 Å². The number of aliphatic hydroxyl groups excluding tert-OH is 5. The van der Waals surface area contributed by atoms with E-state index in [2.05, 4.69) is 5.32 Å². The average molecular weight is 405 g/mol. The molecule has 6 aliphatic heterocycles. The van der Waals surface area contributed by atoms with E-state index in [1.807, 2.05) is 0 Å². The third kappa shape index (κ3) is 3.80. The summed E-state index contributed by atoms with van der Waals surface area (Å²) in [5.41, 5.74) is -1.33. The van der Waals surface area contributed by atoms with Crippen molar-refractivity contribution in [2.75, 3.05) is 19.8 Å². The molecule has 6 N–H and O–H groups in total. The van der Waals surface area contributed by atoms with Crippen molar-refractivity contribution in [3.8, 4) is 0 Å². The Bertz CT molecular complexity index is 559. The summed E-state index contributed by atoms with van der Waals surface area (Å²) in [4.78, 5) is 11.4. The summed E-state index contributed by atoms with van der Waals surface area (Å²) in [6.07, 6.45) is -8.09. The van der Waals surface area contributed by atoms with Gasteiger partial charge in [0.05, 0.1) is 31.0 Å². The monoisotopic (exact) mass is 405 g/mol. The van der Waals surface area contributed by atoms with Gasteiger partial charge in [0.2, 0.25) is 5.91 Å². The molecule has 10 atom stereocenters. The lowest BCUT2D eigenvalue weighted by molar-refractivity contribution is -0.320. The molecule has 0 aromatic rings. The molecule has 0 radical (unpaired) electrons.